The first kappa shape index (κ1) is 14.4. The van der Waals surface area contributed by atoms with Gasteiger partial charge < -0.3 is 0 Å². The van der Waals surface area contributed by atoms with Crippen LogP contribution in [-0.4, -0.2) is 4.98 Å². The molecule has 1 aromatic heterocycles. The summed E-state index contributed by atoms with van der Waals surface area (Å²) in [5.74, 6) is -0.228. The van der Waals surface area contributed by atoms with Gasteiger partial charge in [0.05, 0.1) is 5.69 Å². The summed E-state index contributed by atoms with van der Waals surface area (Å²) in [4.78, 5) is 5.85. The summed E-state index contributed by atoms with van der Waals surface area (Å²) in [5.41, 5.74) is 3.94. The van der Waals surface area contributed by atoms with Gasteiger partial charge in [-0.15, -0.1) is 11.3 Å². The van der Waals surface area contributed by atoms with Gasteiger partial charge in [-0.2, -0.15) is 0 Å². The van der Waals surface area contributed by atoms with Gasteiger partial charge in [0, 0.05) is 20.5 Å². The van der Waals surface area contributed by atoms with E-state index in [2.05, 4.69) is 15.9 Å². The van der Waals surface area contributed by atoms with E-state index in [9.17, 15) is 4.39 Å². The predicted molar refractivity (Wildman–Crippen MR) is 90.1 cm³/mol. The number of aromatic nitrogens is 1. The van der Waals surface area contributed by atoms with Gasteiger partial charge in [0.2, 0.25) is 0 Å². The molecule has 3 aromatic rings. The number of rotatable bonds is 2. The molecule has 4 heteroatoms. The van der Waals surface area contributed by atoms with Gasteiger partial charge in [-0.25, -0.2) is 9.37 Å². The van der Waals surface area contributed by atoms with Gasteiger partial charge in [-0.3, -0.25) is 0 Å². The Kier molecular flexibility index (Phi) is 3.91. The zero-order chi connectivity index (χ0) is 15.0. The smallest absolute Gasteiger partial charge is 0.124 e. The van der Waals surface area contributed by atoms with Crippen LogP contribution in [0.3, 0.4) is 0 Å². The molecule has 0 spiro atoms. The minimum atomic E-state index is -0.228. The van der Waals surface area contributed by atoms with E-state index >= 15 is 0 Å². The monoisotopic (exact) mass is 361 g/mol. The fourth-order valence-electron chi connectivity index (χ4n) is 2.21. The molecule has 3 rings (SSSR count). The van der Waals surface area contributed by atoms with E-state index in [-0.39, 0.29) is 5.82 Å². The predicted octanol–water partition coefficient (Wildman–Crippen LogP) is 6.00. The normalized spacial score (nSPS) is 10.9. The maximum atomic E-state index is 13.5. The summed E-state index contributed by atoms with van der Waals surface area (Å²) in [6.45, 7) is 4.03. The molecule has 2 aromatic carbocycles. The maximum Gasteiger partial charge on any atom is 0.124 e. The van der Waals surface area contributed by atoms with Crippen LogP contribution in [0.5, 0.6) is 0 Å². The first-order valence-corrected chi connectivity index (χ1v) is 8.15. The standard InChI is InChI=1S/C17H13BrFNS/c1-10-3-8-14(19)9-15(10)17-20-16(11(2)21-17)12-4-6-13(18)7-5-12/h3-9H,1-2H3. The number of halogens is 2. The molecule has 0 aliphatic carbocycles. The van der Waals surface area contributed by atoms with Crippen molar-refractivity contribution in [2.75, 3.05) is 0 Å². The molecule has 0 radical (unpaired) electrons. The van der Waals surface area contributed by atoms with Gasteiger partial charge in [0.25, 0.3) is 0 Å². The molecule has 0 bridgehead atoms. The molecule has 1 heterocycles. The van der Waals surface area contributed by atoms with Crippen LogP contribution in [0, 0.1) is 19.7 Å². The second-order valence-corrected chi connectivity index (χ2v) is 7.01. The number of aryl methyl sites for hydroxylation is 2. The van der Waals surface area contributed by atoms with Crippen molar-refractivity contribution < 1.29 is 4.39 Å². The third kappa shape index (κ3) is 2.92. The number of nitrogens with zero attached hydrogens (tertiary/aromatic N) is 1. The van der Waals surface area contributed by atoms with Crippen LogP contribution in [0.15, 0.2) is 46.9 Å². The molecule has 0 saturated heterocycles. The Morgan fingerprint density at radius 2 is 1.76 bits per heavy atom. The van der Waals surface area contributed by atoms with E-state index in [1.54, 1.807) is 23.5 Å². The molecule has 0 unspecified atom stereocenters. The van der Waals surface area contributed by atoms with Crippen LogP contribution in [0.2, 0.25) is 0 Å². The van der Waals surface area contributed by atoms with Crippen molar-refractivity contribution in [2.24, 2.45) is 0 Å². The zero-order valence-electron chi connectivity index (χ0n) is 11.7. The highest BCUT2D eigenvalue weighted by molar-refractivity contribution is 9.10. The van der Waals surface area contributed by atoms with Crippen LogP contribution in [-0.2, 0) is 0 Å². The molecule has 0 saturated carbocycles. The number of hydrogen-bond donors (Lipinski definition) is 0. The summed E-state index contributed by atoms with van der Waals surface area (Å²) in [5, 5.41) is 0.863. The lowest BCUT2D eigenvalue weighted by Gasteiger charge is -2.02. The van der Waals surface area contributed by atoms with Crippen molar-refractivity contribution in [2.45, 2.75) is 13.8 Å². The van der Waals surface area contributed by atoms with Gasteiger partial charge in [0.15, 0.2) is 0 Å². The average molecular weight is 362 g/mol. The topological polar surface area (TPSA) is 12.9 Å². The van der Waals surface area contributed by atoms with Crippen LogP contribution < -0.4 is 0 Å². The quantitative estimate of drug-likeness (QED) is 0.545. The lowest BCUT2D eigenvalue weighted by atomic mass is 10.1. The Labute approximate surface area is 135 Å². The summed E-state index contributed by atoms with van der Waals surface area (Å²) in [7, 11) is 0. The second-order valence-electron chi connectivity index (χ2n) is 4.89. The molecule has 1 nitrogen and oxygen atoms in total. The lowest BCUT2D eigenvalue weighted by Crippen LogP contribution is -1.85. The summed E-state index contributed by atoms with van der Waals surface area (Å²) in [6, 6.07) is 12.9. The van der Waals surface area contributed by atoms with Crippen LogP contribution >= 0.6 is 27.3 Å². The summed E-state index contributed by atoms with van der Waals surface area (Å²) < 4.78 is 14.5. The van der Waals surface area contributed by atoms with Crippen molar-refractivity contribution in [1.29, 1.82) is 0 Å². The van der Waals surface area contributed by atoms with Gasteiger partial charge in [0.1, 0.15) is 10.8 Å². The highest BCUT2D eigenvalue weighted by Gasteiger charge is 2.13. The van der Waals surface area contributed by atoms with Crippen LogP contribution in [0.4, 0.5) is 4.39 Å². The third-order valence-corrected chi connectivity index (χ3v) is 4.88. The fourth-order valence-corrected chi connectivity index (χ4v) is 3.49. The second kappa shape index (κ2) is 5.70. The lowest BCUT2D eigenvalue weighted by molar-refractivity contribution is 0.628. The minimum Gasteiger partial charge on any atom is -0.236 e. The molecule has 0 fully saturated rings. The van der Waals surface area contributed by atoms with E-state index in [0.29, 0.717) is 0 Å². The molecule has 0 N–H and O–H groups in total. The Balaban J connectivity index is 2.09. The number of hydrogen-bond acceptors (Lipinski definition) is 2. The summed E-state index contributed by atoms with van der Waals surface area (Å²) >= 11 is 5.04. The van der Waals surface area contributed by atoms with E-state index in [1.165, 1.54) is 6.07 Å². The molecular formula is C17H13BrFNS. The van der Waals surface area contributed by atoms with E-state index in [1.807, 2.05) is 38.1 Å². The SMILES string of the molecule is Cc1ccc(F)cc1-c1nc(-c2ccc(Br)cc2)c(C)s1. The Hall–Kier alpha value is -1.52. The van der Waals surface area contributed by atoms with Gasteiger partial charge in [-0.1, -0.05) is 34.1 Å². The van der Waals surface area contributed by atoms with Crippen molar-refractivity contribution >= 4 is 27.3 Å². The first-order chi connectivity index (χ1) is 10.0. The van der Waals surface area contributed by atoms with Gasteiger partial charge in [-0.05, 0) is 43.7 Å². The molecule has 21 heavy (non-hydrogen) atoms. The van der Waals surface area contributed by atoms with Crippen LogP contribution in [0.25, 0.3) is 21.8 Å². The zero-order valence-corrected chi connectivity index (χ0v) is 14.1. The third-order valence-electron chi connectivity index (χ3n) is 3.34. The molecule has 106 valence electrons. The van der Waals surface area contributed by atoms with Crippen molar-refractivity contribution in [3.63, 3.8) is 0 Å². The molecular weight excluding hydrogens is 349 g/mol. The maximum absolute atomic E-state index is 13.5. The Morgan fingerprint density at radius 3 is 2.48 bits per heavy atom. The van der Waals surface area contributed by atoms with E-state index < -0.39 is 0 Å². The highest BCUT2D eigenvalue weighted by atomic mass is 79.9. The van der Waals surface area contributed by atoms with Crippen molar-refractivity contribution in [1.82, 2.24) is 4.98 Å². The molecule has 0 atom stereocenters. The van der Waals surface area contributed by atoms with E-state index in [4.69, 9.17) is 4.98 Å². The van der Waals surface area contributed by atoms with Gasteiger partial charge >= 0.3 is 0 Å². The summed E-state index contributed by atoms with van der Waals surface area (Å²) in [6.07, 6.45) is 0. The first-order valence-electron chi connectivity index (χ1n) is 6.54. The largest absolute Gasteiger partial charge is 0.236 e. The average Bonchev–Trinajstić information content (AvgIpc) is 2.84. The van der Waals surface area contributed by atoms with E-state index in [0.717, 1.165) is 36.7 Å². The Morgan fingerprint density at radius 1 is 1.05 bits per heavy atom. The Bertz CT molecular complexity index is 793. The van der Waals surface area contributed by atoms with Crippen molar-refractivity contribution in [3.8, 4) is 21.8 Å². The molecule has 0 aliphatic heterocycles. The highest BCUT2D eigenvalue weighted by Crippen LogP contribution is 2.35. The molecule has 0 aliphatic rings. The molecule has 0 amide bonds. The number of benzene rings is 2. The fraction of sp³-hybridized carbons (Fsp3) is 0.118. The van der Waals surface area contributed by atoms with Crippen LogP contribution in [0.1, 0.15) is 10.4 Å². The van der Waals surface area contributed by atoms with Crippen molar-refractivity contribution in [3.05, 3.63) is 63.2 Å². The minimum absolute atomic E-state index is 0.228. The number of thiazole rings is 1.